The molecule has 0 radical (unpaired) electrons. The molecule has 0 spiro atoms. The summed E-state index contributed by atoms with van der Waals surface area (Å²) in [6.45, 7) is 1.32. The van der Waals surface area contributed by atoms with Crippen molar-refractivity contribution in [1.29, 1.82) is 0 Å². The maximum Gasteiger partial charge on any atom is 0.339 e. The average molecular weight is 208 g/mol. The molecule has 0 bridgehead atoms. The second-order valence-corrected chi connectivity index (χ2v) is 3.47. The summed E-state index contributed by atoms with van der Waals surface area (Å²) in [5.41, 5.74) is 0.487. The van der Waals surface area contributed by atoms with E-state index in [0.717, 1.165) is 0 Å². The first-order valence-corrected chi connectivity index (χ1v) is 4.58. The Hall–Kier alpha value is -1.71. The second-order valence-electron chi connectivity index (χ2n) is 3.47. The van der Waals surface area contributed by atoms with E-state index < -0.39 is 17.9 Å². The monoisotopic (exact) mass is 208 g/mol. The third-order valence-electron chi connectivity index (χ3n) is 2.43. The fourth-order valence-electron chi connectivity index (χ4n) is 1.60. The standard InChI is InChI=1S/C11H9FO3/c1-6(13)10-5-8-7(11(14)15-10)3-2-4-9(8)12/h2-4,10H,5H2,1H3. The zero-order valence-electron chi connectivity index (χ0n) is 8.12. The molecule has 0 saturated carbocycles. The van der Waals surface area contributed by atoms with E-state index in [1.807, 2.05) is 0 Å². The summed E-state index contributed by atoms with van der Waals surface area (Å²) in [6, 6.07) is 4.22. The Bertz CT molecular complexity index is 439. The van der Waals surface area contributed by atoms with Crippen molar-refractivity contribution in [2.45, 2.75) is 19.4 Å². The minimum absolute atomic E-state index is 0.128. The van der Waals surface area contributed by atoms with E-state index in [4.69, 9.17) is 4.74 Å². The minimum atomic E-state index is -0.845. The summed E-state index contributed by atoms with van der Waals surface area (Å²) in [5, 5.41) is 0. The first-order valence-electron chi connectivity index (χ1n) is 4.58. The number of benzene rings is 1. The molecule has 0 fully saturated rings. The molecule has 3 nitrogen and oxygen atoms in total. The summed E-state index contributed by atoms with van der Waals surface area (Å²) in [5.74, 6) is -1.36. The normalized spacial score (nSPS) is 19.3. The number of ketones is 1. The van der Waals surface area contributed by atoms with Gasteiger partial charge in [0.05, 0.1) is 5.56 Å². The molecule has 1 aliphatic rings. The van der Waals surface area contributed by atoms with Crippen molar-refractivity contribution in [3.8, 4) is 0 Å². The molecule has 1 aromatic carbocycles. The Balaban J connectivity index is 2.46. The van der Waals surface area contributed by atoms with Crippen LogP contribution in [-0.4, -0.2) is 17.9 Å². The number of halogens is 1. The molecule has 2 rings (SSSR count). The molecular weight excluding hydrogens is 199 g/mol. The van der Waals surface area contributed by atoms with Gasteiger partial charge in [0.1, 0.15) is 5.82 Å². The van der Waals surface area contributed by atoms with Gasteiger partial charge in [0.25, 0.3) is 0 Å². The van der Waals surface area contributed by atoms with Crippen LogP contribution in [0, 0.1) is 5.82 Å². The molecule has 78 valence electrons. The lowest BCUT2D eigenvalue weighted by Crippen LogP contribution is -2.33. The number of cyclic esters (lactones) is 1. The molecule has 0 N–H and O–H groups in total. The zero-order valence-corrected chi connectivity index (χ0v) is 8.12. The number of Topliss-reactive ketones (excluding diaryl/α,β-unsaturated/α-hetero) is 1. The summed E-state index contributed by atoms with van der Waals surface area (Å²) >= 11 is 0. The van der Waals surface area contributed by atoms with Crippen LogP contribution < -0.4 is 0 Å². The first kappa shape index (κ1) is 9.83. The van der Waals surface area contributed by atoms with Crippen LogP contribution in [0.5, 0.6) is 0 Å². The van der Waals surface area contributed by atoms with Gasteiger partial charge in [0.15, 0.2) is 11.9 Å². The molecule has 0 saturated heterocycles. The van der Waals surface area contributed by atoms with E-state index in [9.17, 15) is 14.0 Å². The highest BCUT2D eigenvalue weighted by Crippen LogP contribution is 2.23. The van der Waals surface area contributed by atoms with Gasteiger partial charge in [-0.1, -0.05) is 6.07 Å². The van der Waals surface area contributed by atoms with Crippen LogP contribution in [0.25, 0.3) is 0 Å². The van der Waals surface area contributed by atoms with E-state index >= 15 is 0 Å². The first-order chi connectivity index (χ1) is 7.09. The largest absolute Gasteiger partial charge is 0.450 e. The van der Waals surface area contributed by atoms with E-state index in [-0.39, 0.29) is 23.3 Å². The Labute approximate surface area is 85.9 Å². The third-order valence-corrected chi connectivity index (χ3v) is 2.43. The number of carbonyl (C=O) groups excluding carboxylic acids is 2. The fraction of sp³-hybridized carbons (Fsp3) is 0.273. The molecule has 0 aliphatic carbocycles. The zero-order chi connectivity index (χ0) is 11.0. The van der Waals surface area contributed by atoms with Crippen molar-refractivity contribution in [2.24, 2.45) is 0 Å². The van der Waals surface area contributed by atoms with Crippen molar-refractivity contribution in [1.82, 2.24) is 0 Å². The molecule has 1 unspecified atom stereocenters. The highest BCUT2D eigenvalue weighted by Gasteiger charge is 2.30. The maximum atomic E-state index is 13.4. The van der Waals surface area contributed by atoms with E-state index in [0.29, 0.717) is 0 Å². The van der Waals surface area contributed by atoms with E-state index in [2.05, 4.69) is 0 Å². The number of fused-ring (bicyclic) bond motifs is 1. The van der Waals surface area contributed by atoms with Crippen LogP contribution in [0.4, 0.5) is 4.39 Å². The van der Waals surface area contributed by atoms with Gasteiger partial charge < -0.3 is 4.74 Å². The Kier molecular flexibility index (Phi) is 2.26. The predicted molar refractivity (Wildman–Crippen MR) is 50.0 cm³/mol. The summed E-state index contributed by atoms with van der Waals surface area (Å²) in [4.78, 5) is 22.5. The van der Waals surface area contributed by atoms with Crippen LogP contribution in [0.3, 0.4) is 0 Å². The lowest BCUT2D eigenvalue weighted by molar-refractivity contribution is -0.125. The van der Waals surface area contributed by atoms with Crippen molar-refractivity contribution in [3.05, 3.63) is 35.1 Å². The average Bonchev–Trinajstić information content (AvgIpc) is 2.19. The van der Waals surface area contributed by atoms with Gasteiger partial charge in [-0.15, -0.1) is 0 Å². The summed E-state index contributed by atoms with van der Waals surface area (Å²) in [7, 11) is 0. The number of esters is 1. The van der Waals surface area contributed by atoms with Crippen molar-refractivity contribution < 1.29 is 18.7 Å². The quantitative estimate of drug-likeness (QED) is 0.657. The smallest absolute Gasteiger partial charge is 0.339 e. The second kappa shape index (κ2) is 3.46. The number of hydrogen-bond donors (Lipinski definition) is 0. The van der Waals surface area contributed by atoms with Crippen molar-refractivity contribution in [3.63, 3.8) is 0 Å². The molecular formula is C11H9FO3. The highest BCUT2D eigenvalue weighted by molar-refractivity contribution is 5.95. The molecule has 0 aromatic heterocycles. The van der Waals surface area contributed by atoms with Crippen LogP contribution in [0.1, 0.15) is 22.8 Å². The molecule has 1 atom stereocenters. The number of rotatable bonds is 1. The molecule has 4 heteroatoms. The molecule has 1 heterocycles. The topological polar surface area (TPSA) is 43.4 Å². The lowest BCUT2D eigenvalue weighted by atomic mass is 9.96. The van der Waals surface area contributed by atoms with Gasteiger partial charge >= 0.3 is 5.97 Å². The molecule has 1 aliphatic heterocycles. The van der Waals surface area contributed by atoms with Gasteiger partial charge in [-0.05, 0) is 19.1 Å². The number of ether oxygens (including phenoxy) is 1. The molecule has 15 heavy (non-hydrogen) atoms. The fourth-order valence-corrected chi connectivity index (χ4v) is 1.60. The Morgan fingerprint density at radius 1 is 1.53 bits per heavy atom. The van der Waals surface area contributed by atoms with Crippen LogP contribution >= 0.6 is 0 Å². The minimum Gasteiger partial charge on any atom is -0.450 e. The van der Waals surface area contributed by atoms with Gasteiger partial charge in [0.2, 0.25) is 0 Å². The SMILES string of the molecule is CC(=O)C1Cc2c(F)cccc2C(=O)O1. The predicted octanol–water partition coefficient (Wildman–Crippen LogP) is 1.50. The molecule has 1 aromatic rings. The van der Waals surface area contributed by atoms with E-state index in [1.54, 1.807) is 0 Å². The third kappa shape index (κ3) is 1.63. The number of hydrogen-bond acceptors (Lipinski definition) is 3. The van der Waals surface area contributed by atoms with Gasteiger partial charge in [0, 0.05) is 12.0 Å². The Morgan fingerprint density at radius 2 is 2.27 bits per heavy atom. The van der Waals surface area contributed by atoms with Gasteiger partial charge in [-0.25, -0.2) is 9.18 Å². The van der Waals surface area contributed by atoms with Crippen LogP contribution in [0.2, 0.25) is 0 Å². The van der Waals surface area contributed by atoms with Crippen LogP contribution in [0.15, 0.2) is 18.2 Å². The number of carbonyl (C=O) groups is 2. The van der Waals surface area contributed by atoms with Gasteiger partial charge in [-0.2, -0.15) is 0 Å². The summed E-state index contributed by atoms with van der Waals surface area (Å²) < 4.78 is 18.2. The van der Waals surface area contributed by atoms with Crippen molar-refractivity contribution >= 4 is 11.8 Å². The van der Waals surface area contributed by atoms with Gasteiger partial charge in [-0.3, -0.25) is 4.79 Å². The lowest BCUT2D eigenvalue weighted by Gasteiger charge is -2.22. The summed E-state index contributed by atoms with van der Waals surface area (Å²) in [6.07, 6.45) is -0.717. The Morgan fingerprint density at radius 3 is 2.93 bits per heavy atom. The highest BCUT2D eigenvalue weighted by atomic mass is 19.1. The molecule has 0 amide bonds. The maximum absolute atomic E-state index is 13.4. The van der Waals surface area contributed by atoms with E-state index in [1.165, 1.54) is 25.1 Å². The van der Waals surface area contributed by atoms with Crippen molar-refractivity contribution in [2.75, 3.05) is 0 Å². The van der Waals surface area contributed by atoms with Crippen LogP contribution in [-0.2, 0) is 16.0 Å².